The number of benzene rings is 2. The molecule has 3 rings (SSSR count). The molecule has 0 aliphatic carbocycles. The molecule has 1 aliphatic rings. The summed E-state index contributed by atoms with van der Waals surface area (Å²) in [6, 6.07) is 14.1. The first-order valence-corrected chi connectivity index (χ1v) is 10.6. The van der Waals surface area contributed by atoms with E-state index in [0.29, 0.717) is 19.8 Å². The zero-order valence-electron chi connectivity index (χ0n) is 16.0. The highest BCUT2D eigenvalue weighted by Crippen LogP contribution is 2.33. The standard InChI is InChI=1S/C21H18ClN3O3S2/c1-13-6-8-14(9-7-13)19(27)24-23-18(26)10-11-25-20(28)17(30-21(25)29)12-15-4-2-3-5-16(15)22/h2-9,12H,10-11H2,1H3,(H,23,26)(H,24,27)/b17-12+. The van der Waals surface area contributed by atoms with Gasteiger partial charge in [0.05, 0.1) is 4.91 Å². The van der Waals surface area contributed by atoms with E-state index in [9.17, 15) is 14.4 Å². The molecule has 0 saturated carbocycles. The molecule has 1 fully saturated rings. The molecule has 0 atom stereocenters. The summed E-state index contributed by atoms with van der Waals surface area (Å²) in [5.74, 6) is -1.13. The third-order valence-electron chi connectivity index (χ3n) is 4.26. The average Bonchev–Trinajstić information content (AvgIpc) is 2.99. The van der Waals surface area contributed by atoms with Crippen molar-refractivity contribution in [2.24, 2.45) is 0 Å². The molecule has 2 aromatic rings. The van der Waals surface area contributed by atoms with Gasteiger partial charge in [-0.1, -0.05) is 71.5 Å². The highest BCUT2D eigenvalue weighted by Gasteiger charge is 2.32. The van der Waals surface area contributed by atoms with Gasteiger partial charge in [-0.3, -0.25) is 30.1 Å². The number of thioether (sulfide) groups is 1. The molecule has 0 spiro atoms. The molecule has 9 heteroatoms. The highest BCUT2D eigenvalue weighted by atomic mass is 35.5. The van der Waals surface area contributed by atoms with Crippen LogP contribution in [0.2, 0.25) is 5.02 Å². The molecule has 1 heterocycles. The van der Waals surface area contributed by atoms with Gasteiger partial charge in [-0.2, -0.15) is 0 Å². The number of thiocarbonyl (C=S) groups is 1. The van der Waals surface area contributed by atoms with Gasteiger partial charge in [0.2, 0.25) is 5.91 Å². The lowest BCUT2D eigenvalue weighted by molar-refractivity contribution is -0.124. The van der Waals surface area contributed by atoms with Crippen LogP contribution in [0.25, 0.3) is 6.08 Å². The molecule has 0 unspecified atom stereocenters. The second kappa shape index (κ2) is 9.88. The summed E-state index contributed by atoms with van der Waals surface area (Å²) in [7, 11) is 0. The Morgan fingerprint density at radius 1 is 1.13 bits per heavy atom. The Labute approximate surface area is 188 Å². The Hall–Kier alpha value is -2.68. The van der Waals surface area contributed by atoms with Gasteiger partial charge in [0.25, 0.3) is 11.8 Å². The van der Waals surface area contributed by atoms with Gasteiger partial charge in [0.1, 0.15) is 4.32 Å². The molecule has 30 heavy (non-hydrogen) atoms. The van der Waals surface area contributed by atoms with Crippen LogP contribution in [0.15, 0.2) is 53.4 Å². The van der Waals surface area contributed by atoms with E-state index in [2.05, 4.69) is 10.9 Å². The second-order valence-electron chi connectivity index (χ2n) is 6.47. The lowest BCUT2D eigenvalue weighted by atomic mass is 10.1. The summed E-state index contributed by atoms with van der Waals surface area (Å²) >= 11 is 12.6. The van der Waals surface area contributed by atoms with Gasteiger partial charge in [-0.05, 0) is 36.8 Å². The predicted molar refractivity (Wildman–Crippen MR) is 123 cm³/mol. The number of rotatable bonds is 5. The van der Waals surface area contributed by atoms with Crippen molar-refractivity contribution in [2.75, 3.05) is 6.54 Å². The number of carbonyl (C=O) groups is 3. The molecule has 6 nitrogen and oxygen atoms in total. The summed E-state index contributed by atoms with van der Waals surface area (Å²) in [5, 5.41) is 0.534. The van der Waals surface area contributed by atoms with Gasteiger partial charge in [-0.25, -0.2) is 0 Å². The summed E-state index contributed by atoms with van der Waals surface area (Å²) < 4.78 is 0.370. The van der Waals surface area contributed by atoms with Crippen LogP contribution in [0.1, 0.15) is 27.9 Å². The minimum atomic E-state index is -0.431. The van der Waals surface area contributed by atoms with Gasteiger partial charge in [0.15, 0.2) is 0 Å². The van der Waals surface area contributed by atoms with E-state index in [1.807, 2.05) is 25.1 Å². The summed E-state index contributed by atoms with van der Waals surface area (Å²) in [4.78, 5) is 38.5. The third kappa shape index (κ3) is 5.47. The Balaban J connectivity index is 1.52. The minimum Gasteiger partial charge on any atom is -0.292 e. The van der Waals surface area contributed by atoms with Gasteiger partial charge >= 0.3 is 0 Å². The van der Waals surface area contributed by atoms with Crippen molar-refractivity contribution in [3.8, 4) is 0 Å². The SMILES string of the molecule is Cc1ccc(C(=O)NNC(=O)CCN2C(=O)/C(=C\c3ccccc3Cl)SC2=S)cc1. The predicted octanol–water partition coefficient (Wildman–Crippen LogP) is 3.70. The maximum Gasteiger partial charge on any atom is 0.269 e. The van der Waals surface area contributed by atoms with Crippen LogP contribution in [0.4, 0.5) is 0 Å². The second-order valence-corrected chi connectivity index (χ2v) is 8.56. The van der Waals surface area contributed by atoms with E-state index in [-0.39, 0.29) is 18.9 Å². The molecule has 154 valence electrons. The van der Waals surface area contributed by atoms with Crippen LogP contribution in [0.3, 0.4) is 0 Å². The number of amides is 3. The molecule has 3 amide bonds. The number of hydrogen-bond donors (Lipinski definition) is 2. The van der Waals surface area contributed by atoms with E-state index >= 15 is 0 Å². The fourth-order valence-electron chi connectivity index (χ4n) is 2.61. The number of nitrogens with one attached hydrogen (secondary N) is 2. The average molecular weight is 460 g/mol. The number of nitrogens with zero attached hydrogens (tertiary/aromatic N) is 1. The Morgan fingerprint density at radius 3 is 2.53 bits per heavy atom. The largest absolute Gasteiger partial charge is 0.292 e. The van der Waals surface area contributed by atoms with Crippen LogP contribution in [-0.2, 0) is 9.59 Å². The lowest BCUT2D eigenvalue weighted by Crippen LogP contribution is -2.43. The van der Waals surface area contributed by atoms with Crippen molar-refractivity contribution >= 4 is 63.7 Å². The molecule has 0 aromatic heterocycles. The third-order valence-corrected chi connectivity index (χ3v) is 5.98. The normalized spacial score (nSPS) is 14.9. The van der Waals surface area contributed by atoms with E-state index in [0.717, 1.165) is 22.9 Å². The van der Waals surface area contributed by atoms with Crippen LogP contribution in [0.5, 0.6) is 0 Å². The Bertz CT molecular complexity index is 1040. The summed E-state index contributed by atoms with van der Waals surface area (Å²) in [6.07, 6.45) is 1.67. The smallest absolute Gasteiger partial charge is 0.269 e. The van der Waals surface area contributed by atoms with Crippen molar-refractivity contribution < 1.29 is 14.4 Å². The maximum atomic E-state index is 12.6. The number of carbonyl (C=O) groups excluding carboxylic acids is 3. The van der Waals surface area contributed by atoms with E-state index < -0.39 is 11.8 Å². The topological polar surface area (TPSA) is 78.5 Å². The van der Waals surface area contributed by atoms with Crippen molar-refractivity contribution in [3.63, 3.8) is 0 Å². The molecular formula is C21H18ClN3O3S2. The molecular weight excluding hydrogens is 442 g/mol. The van der Waals surface area contributed by atoms with Crippen molar-refractivity contribution in [1.82, 2.24) is 15.8 Å². The number of halogens is 1. The first kappa shape index (κ1) is 22.0. The van der Waals surface area contributed by atoms with Crippen molar-refractivity contribution in [3.05, 3.63) is 75.1 Å². The summed E-state index contributed by atoms with van der Waals surface area (Å²) in [6.45, 7) is 2.03. The van der Waals surface area contributed by atoms with Crippen LogP contribution in [0, 0.1) is 6.92 Å². The van der Waals surface area contributed by atoms with E-state index in [1.54, 1.807) is 36.4 Å². The Kier molecular flexibility index (Phi) is 7.25. The van der Waals surface area contributed by atoms with Crippen molar-refractivity contribution in [1.29, 1.82) is 0 Å². The van der Waals surface area contributed by atoms with Gasteiger partial charge in [0, 0.05) is 23.6 Å². The van der Waals surface area contributed by atoms with Crippen LogP contribution in [-0.4, -0.2) is 33.5 Å². The van der Waals surface area contributed by atoms with E-state index in [4.69, 9.17) is 23.8 Å². The number of hydrogen-bond acceptors (Lipinski definition) is 5. The molecule has 0 bridgehead atoms. The lowest BCUT2D eigenvalue weighted by Gasteiger charge is -2.14. The summed E-state index contributed by atoms with van der Waals surface area (Å²) in [5.41, 5.74) is 6.89. The van der Waals surface area contributed by atoms with Gasteiger partial charge in [-0.15, -0.1) is 0 Å². The van der Waals surface area contributed by atoms with Crippen LogP contribution >= 0.6 is 35.6 Å². The number of hydrazine groups is 1. The first-order valence-electron chi connectivity index (χ1n) is 9.01. The molecule has 1 aliphatic heterocycles. The zero-order valence-corrected chi connectivity index (χ0v) is 18.4. The molecule has 2 N–H and O–H groups in total. The molecule has 2 aromatic carbocycles. The molecule has 1 saturated heterocycles. The molecule has 0 radical (unpaired) electrons. The monoisotopic (exact) mass is 459 g/mol. The highest BCUT2D eigenvalue weighted by molar-refractivity contribution is 8.26. The number of aryl methyl sites for hydroxylation is 1. The van der Waals surface area contributed by atoms with Crippen LogP contribution < -0.4 is 10.9 Å². The fourth-order valence-corrected chi connectivity index (χ4v) is 4.10. The van der Waals surface area contributed by atoms with Gasteiger partial charge < -0.3 is 0 Å². The van der Waals surface area contributed by atoms with E-state index in [1.165, 1.54) is 4.90 Å². The minimum absolute atomic E-state index is 0.0139. The fraction of sp³-hybridized carbons (Fsp3) is 0.143. The van der Waals surface area contributed by atoms with Crippen molar-refractivity contribution in [2.45, 2.75) is 13.3 Å². The Morgan fingerprint density at radius 2 is 1.83 bits per heavy atom. The quantitative estimate of drug-likeness (QED) is 0.405. The first-order chi connectivity index (χ1) is 14.3. The maximum absolute atomic E-state index is 12.6. The zero-order chi connectivity index (χ0) is 21.7.